The molecule has 9 aromatic heterocycles. The van der Waals surface area contributed by atoms with Crippen LogP contribution in [-0.4, -0.2) is 108 Å². The van der Waals surface area contributed by atoms with E-state index in [9.17, 15) is 45.5 Å². The van der Waals surface area contributed by atoms with Gasteiger partial charge in [-0.05, 0) is 161 Å². The van der Waals surface area contributed by atoms with E-state index in [1.54, 1.807) is 60.3 Å². The summed E-state index contributed by atoms with van der Waals surface area (Å²) in [6.45, 7) is 7.70. The second kappa shape index (κ2) is 26.6. The Bertz CT molecular complexity index is 4740. The number of hydrogen-bond donors (Lipinski definition) is 4. The number of nitrogens with one attached hydrogen (secondary N) is 4. The zero-order chi connectivity index (χ0) is 61.3. The number of likely N-dealkylation sites (tertiary alicyclic amines) is 1. The van der Waals surface area contributed by atoms with Gasteiger partial charge in [0.2, 0.25) is 0 Å². The van der Waals surface area contributed by atoms with Gasteiger partial charge in [0, 0.05) is 86.0 Å². The molecule has 0 radical (unpaired) electrons. The number of H-pyrrole nitrogens is 3. The molecular weight excluding hydrogens is 1220 g/mol. The monoisotopic (exact) mass is 1290 g/mol. The van der Waals surface area contributed by atoms with Crippen LogP contribution >= 0.6 is 15.9 Å². The zero-order valence-electron chi connectivity index (χ0n) is 47.0. The molecule has 2 saturated heterocycles. The molecule has 0 bridgehead atoms. The quantitative estimate of drug-likeness (QED) is 0.0902. The number of hydrogen-bond acceptors (Lipinski definition) is 12. The number of para-hydroxylation sites is 3. The predicted octanol–water partition coefficient (Wildman–Crippen LogP) is 13.1. The molecule has 4 N–H and O–H groups in total. The number of aldehydes is 1. The fourth-order valence-electron chi connectivity index (χ4n) is 10.7. The number of piperidine rings is 2. The van der Waals surface area contributed by atoms with E-state index in [0.29, 0.717) is 117 Å². The summed E-state index contributed by atoms with van der Waals surface area (Å²) in [6, 6.07) is 33.0. The van der Waals surface area contributed by atoms with Gasteiger partial charge in [0.25, 0.3) is 0 Å². The van der Waals surface area contributed by atoms with E-state index in [-0.39, 0.29) is 58.2 Å². The minimum absolute atomic E-state index is 0. The minimum atomic E-state index is -4.11. The molecule has 0 saturated carbocycles. The lowest BCUT2D eigenvalue weighted by Crippen LogP contribution is -2.38. The fraction of sp³-hybridized carbons (Fsp3) is 0.281. The molecule has 89 heavy (non-hydrogen) atoms. The third-order valence-electron chi connectivity index (χ3n) is 15.5. The maximum absolute atomic E-state index is 12.9. The number of aromatic nitrogens is 12. The van der Waals surface area contributed by atoms with Crippen LogP contribution in [0.25, 0.3) is 84.2 Å². The predicted molar refractivity (Wildman–Crippen MR) is 338 cm³/mol. The molecule has 3 aromatic carbocycles. The van der Waals surface area contributed by atoms with Crippen molar-refractivity contribution in [3.63, 3.8) is 0 Å². The van der Waals surface area contributed by atoms with Crippen molar-refractivity contribution in [1.29, 1.82) is 0 Å². The van der Waals surface area contributed by atoms with E-state index in [2.05, 4.69) is 66.4 Å². The summed E-state index contributed by atoms with van der Waals surface area (Å²) >= 11 is 3.41. The molecule has 14 rings (SSSR count). The van der Waals surface area contributed by atoms with Gasteiger partial charge >= 0.3 is 12.4 Å². The Labute approximate surface area is 514 Å². The van der Waals surface area contributed by atoms with E-state index >= 15 is 0 Å². The average Bonchev–Trinajstić information content (AvgIpc) is 1.54. The minimum Gasteiger partial charge on any atom is -0.351 e. The summed E-state index contributed by atoms with van der Waals surface area (Å²) in [5, 5.41) is 18.2. The van der Waals surface area contributed by atoms with Crippen molar-refractivity contribution < 1.29 is 32.6 Å². The van der Waals surface area contributed by atoms with E-state index in [1.807, 2.05) is 102 Å². The van der Waals surface area contributed by atoms with Crippen LogP contribution in [0.5, 0.6) is 0 Å². The highest BCUT2D eigenvalue weighted by Crippen LogP contribution is 2.35. The van der Waals surface area contributed by atoms with Crippen LogP contribution in [0, 0.1) is 32.6 Å². The Morgan fingerprint density at radius 2 is 0.910 bits per heavy atom. The van der Waals surface area contributed by atoms with Gasteiger partial charge in [-0.2, -0.15) is 26.3 Å². The van der Waals surface area contributed by atoms with Gasteiger partial charge in [-0.25, -0.2) is 28.5 Å². The summed E-state index contributed by atoms with van der Waals surface area (Å²) in [5.74, 6) is -0.902. The molecule has 25 heteroatoms. The zero-order valence-corrected chi connectivity index (χ0v) is 48.6. The first-order valence-electron chi connectivity index (χ1n) is 27.8. The average molecular weight is 1290 g/mol. The Kier molecular flexibility index (Phi) is 19.2. The standard InChI is InChI=1S/C23H22F3N5O.C17H12N4O2.C16H11BrN4O.C6H10F3N.2CH4.H2/c1-14-20(27-18-5-3-2-4-17(18)21(14)32)22-28-19-7-6-15(13-31(19)29-22)12-30-10-8-16(9-11-30)23(24,25)26;1-10-15(18-13-5-3-2-4-12(13)16(10)23)17-19-14-7-6-11(9-22)8-21(14)20-17;1-9-14(18-12-5-3-2-4-11(12)15(9)22)16-19-13-7-6-10(17)8-21(13)20-16;7-6(8,9)5-1-3-10-4-2-5;;;/h2-7,13,16H,8-12H2,1H3,(H,27,32);2-9H,1H3,(H,18,23);2-8H,1H3,(H,18,22);5,10H,1-4H2;2*1H4;1H/i;;;;;;1+1. The van der Waals surface area contributed by atoms with Crippen molar-refractivity contribution in [3.8, 4) is 34.6 Å². The number of aromatic amines is 3. The van der Waals surface area contributed by atoms with Gasteiger partial charge in [-0.3, -0.25) is 24.1 Å². The molecule has 2 aliphatic rings. The topological polar surface area (TPSA) is 221 Å². The summed E-state index contributed by atoms with van der Waals surface area (Å²) in [6.07, 6.45) is -1.30. The first kappa shape index (κ1) is 64.3. The Morgan fingerprint density at radius 3 is 1.33 bits per heavy atom. The van der Waals surface area contributed by atoms with E-state index in [1.165, 1.54) is 4.52 Å². The van der Waals surface area contributed by atoms with Crippen LogP contribution in [0.2, 0.25) is 0 Å². The van der Waals surface area contributed by atoms with E-state index in [0.717, 1.165) is 38.5 Å². The first-order valence-corrected chi connectivity index (χ1v) is 28.6. The molecule has 0 spiro atoms. The maximum atomic E-state index is 12.9. The molecular formula is C64H65BrF6N14O4. The number of carbonyl (C=O) groups excluding carboxylic acids is 1. The van der Waals surface area contributed by atoms with Gasteiger partial charge in [0.05, 0.1) is 28.9 Å². The molecule has 18 nitrogen and oxygen atoms in total. The van der Waals surface area contributed by atoms with Gasteiger partial charge < -0.3 is 20.3 Å². The van der Waals surface area contributed by atoms with Gasteiger partial charge in [0.15, 0.2) is 57.0 Å². The van der Waals surface area contributed by atoms with Crippen LogP contribution in [0.1, 0.15) is 74.6 Å². The summed E-state index contributed by atoms with van der Waals surface area (Å²) in [5.41, 5.74) is 9.14. The van der Waals surface area contributed by atoms with E-state index < -0.39 is 24.2 Å². The summed E-state index contributed by atoms with van der Waals surface area (Å²) in [7, 11) is 0. The highest BCUT2D eigenvalue weighted by molar-refractivity contribution is 9.10. The lowest BCUT2D eigenvalue weighted by Gasteiger charge is -2.32. The second-order valence-corrected chi connectivity index (χ2v) is 22.3. The number of rotatable bonds is 6. The molecule has 2 aliphatic heterocycles. The smallest absolute Gasteiger partial charge is 0.351 e. The fourth-order valence-corrected chi connectivity index (χ4v) is 11.0. The number of benzene rings is 3. The van der Waals surface area contributed by atoms with Crippen molar-refractivity contribution in [2.45, 2.75) is 80.2 Å². The number of pyridine rings is 6. The Hall–Kier alpha value is -9.20. The molecule has 0 atom stereocenters. The van der Waals surface area contributed by atoms with Crippen molar-refractivity contribution in [3.05, 3.63) is 191 Å². The van der Waals surface area contributed by atoms with Crippen LogP contribution in [0.4, 0.5) is 26.3 Å². The second-order valence-electron chi connectivity index (χ2n) is 21.3. The molecule has 2 fully saturated rings. The summed E-state index contributed by atoms with van der Waals surface area (Å²) in [4.78, 5) is 73.9. The van der Waals surface area contributed by atoms with Crippen molar-refractivity contribution in [2.75, 3.05) is 26.2 Å². The van der Waals surface area contributed by atoms with Crippen LogP contribution in [-0.2, 0) is 6.54 Å². The largest absolute Gasteiger partial charge is 0.391 e. The first-order chi connectivity index (χ1) is 41.7. The highest BCUT2D eigenvalue weighted by atomic mass is 79.9. The maximum Gasteiger partial charge on any atom is 0.391 e. The number of halogens is 7. The molecule has 464 valence electrons. The van der Waals surface area contributed by atoms with Crippen LogP contribution in [0.3, 0.4) is 0 Å². The normalized spacial score (nSPS) is 14.1. The van der Waals surface area contributed by atoms with Gasteiger partial charge in [0.1, 0.15) is 0 Å². The number of alkyl halides is 6. The molecule has 12 aromatic rings. The Morgan fingerprint density at radius 1 is 0.528 bits per heavy atom. The molecule has 11 heterocycles. The number of carbonyl (C=O) groups is 1. The van der Waals surface area contributed by atoms with Crippen molar-refractivity contribution in [2.24, 2.45) is 11.8 Å². The number of fused-ring (bicyclic) bond motifs is 6. The lowest BCUT2D eigenvalue weighted by atomic mass is 9.96. The number of nitrogens with zero attached hydrogens (tertiary/aromatic N) is 10. The third-order valence-corrected chi connectivity index (χ3v) is 16.0. The molecule has 0 aliphatic carbocycles. The Balaban J connectivity index is 0.000000162. The third kappa shape index (κ3) is 13.9. The molecule has 0 amide bonds. The highest BCUT2D eigenvalue weighted by Gasteiger charge is 2.41. The summed E-state index contributed by atoms with van der Waals surface area (Å²) < 4.78 is 80.2. The van der Waals surface area contributed by atoms with Crippen LogP contribution in [0.15, 0.2) is 147 Å². The van der Waals surface area contributed by atoms with Crippen molar-refractivity contribution >= 4 is 71.9 Å². The SMILES string of the molecule is C.C.Cc1c(-c2nc3ccc(Br)cn3n2)[nH]c2ccccc2c1=O.Cc1c(-c2nc3ccc(C=O)cn3n2)[nH]c2ccccc2c1=O.Cc1c(-c2nc3ccc(CN4CCC(C(F)(F)F)CC4)cn3n2)[nH]c2ccccc2c1=O.FC(F)(F)C1CCNCC1.[2HH]. The van der Waals surface area contributed by atoms with E-state index in [4.69, 9.17) is 0 Å². The van der Waals surface area contributed by atoms with Gasteiger partial charge in [-0.15, -0.1) is 15.3 Å². The van der Waals surface area contributed by atoms with Gasteiger partial charge in [-0.1, -0.05) is 57.3 Å². The van der Waals surface area contributed by atoms with Crippen molar-refractivity contribution in [1.82, 2.24) is 69.0 Å². The molecule has 0 unspecified atom stereocenters. The lowest BCUT2D eigenvalue weighted by molar-refractivity contribution is -0.185. The van der Waals surface area contributed by atoms with Crippen LogP contribution < -0.4 is 21.6 Å².